The normalized spacial score (nSPS) is 10.1. The van der Waals surface area contributed by atoms with Crippen molar-refractivity contribution < 1.29 is 14.6 Å². The first-order chi connectivity index (χ1) is 8.63. The maximum atomic E-state index is 11.6. The lowest BCUT2D eigenvalue weighted by Gasteiger charge is -2.10. The van der Waals surface area contributed by atoms with E-state index in [2.05, 4.69) is 4.74 Å². The zero-order valence-electron chi connectivity index (χ0n) is 10.3. The molecule has 0 aliphatic carbocycles. The van der Waals surface area contributed by atoms with Crippen LogP contribution in [0.1, 0.15) is 15.9 Å². The van der Waals surface area contributed by atoms with Gasteiger partial charge >= 0.3 is 5.97 Å². The quantitative estimate of drug-likeness (QED) is 0.823. The van der Waals surface area contributed by atoms with Crippen molar-refractivity contribution in [3.8, 4) is 16.9 Å². The van der Waals surface area contributed by atoms with Crippen LogP contribution in [0.3, 0.4) is 0 Å². The van der Waals surface area contributed by atoms with E-state index in [4.69, 9.17) is 0 Å². The van der Waals surface area contributed by atoms with Crippen molar-refractivity contribution in [1.29, 1.82) is 0 Å². The molecule has 0 atom stereocenters. The van der Waals surface area contributed by atoms with Gasteiger partial charge in [0.2, 0.25) is 0 Å². The van der Waals surface area contributed by atoms with Crippen LogP contribution in [0.25, 0.3) is 11.1 Å². The Morgan fingerprint density at radius 2 is 1.83 bits per heavy atom. The van der Waals surface area contributed by atoms with Crippen molar-refractivity contribution in [1.82, 2.24) is 0 Å². The minimum Gasteiger partial charge on any atom is -0.506 e. The maximum Gasteiger partial charge on any atom is 0.341 e. The first-order valence-corrected chi connectivity index (χ1v) is 5.61. The maximum absolute atomic E-state index is 11.6. The highest BCUT2D eigenvalue weighted by Gasteiger charge is 2.16. The minimum atomic E-state index is -0.534. The molecule has 0 radical (unpaired) electrons. The van der Waals surface area contributed by atoms with E-state index in [0.29, 0.717) is 5.56 Å². The molecular formula is C15H14O3. The zero-order chi connectivity index (χ0) is 13.1. The van der Waals surface area contributed by atoms with Gasteiger partial charge in [-0.3, -0.25) is 0 Å². The largest absolute Gasteiger partial charge is 0.506 e. The van der Waals surface area contributed by atoms with E-state index >= 15 is 0 Å². The van der Waals surface area contributed by atoms with Gasteiger partial charge in [-0.25, -0.2) is 4.79 Å². The number of hydrogen-bond acceptors (Lipinski definition) is 3. The number of phenolic OH excluding ortho intramolecular Hbond substituents is 1. The molecule has 2 rings (SSSR count). The number of benzene rings is 2. The van der Waals surface area contributed by atoms with Gasteiger partial charge in [0.05, 0.1) is 7.11 Å². The molecule has 1 N–H and O–H groups in total. The molecule has 0 unspecified atom stereocenters. The van der Waals surface area contributed by atoms with Crippen LogP contribution in [0.15, 0.2) is 42.5 Å². The molecule has 2 aromatic carbocycles. The number of phenols is 1. The lowest BCUT2D eigenvalue weighted by Crippen LogP contribution is -2.02. The van der Waals surface area contributed by atoms with E-state index < -0.39 is 5.97 Å². The van der Waals surface area contributed by atoms with Crippen molar-refractivity contribution >= 4 is 5.97 Å². The number of esters is 1. The number of hydrogen-bond donors (Lipinski definition) is 1. The van der Waals surface area contributed by atoms with Gasteiger partial charge in [-0.05, 0) is 30.2 Å². The lowest BCUT2D eigenvalue weighted by molar-refractivity contribution is 0.0597. The number of carbonyl (C=O) groups excluding carboxylic acids is 1. The van der Waals surface area contributed by atoms with Gasteiger partial charge in [0.25, 0.3) is 0 Å². The number of rotatable bonds is 2. The first-order valence-electron chi connectivity index (χ1n) is 5.61. The molecule has 0 aliphatic rings. The molecular weight excluding hydrogens is 228 g/mol. The standard InChI is InChI=1S/C15H14O3/c1-10-8-12(11-6-4-3-5-7-11)14(16)13(9-10)15(17)18-2/h3-9,16H,1-2H3. The summed E-state index contributed by atoms with van der Waals surface area (Å²) < 4.78 is 4.66. The summed E-state index contributed by atoms with van der Waals surface area (Å²) in [7, 11) is 1.30. The second kappa shape index (κ2) is 4.92. The van der Waals surface area contributed by atoms with Crippen LogP contribution in [0.5, 0.6) is 5.75 Å². The van der Waals surface area contributed by atoms with Crippen molar-refractivity contribution in [3.05, 3.63) is 53.6 Å². The second-order valence-electron chi connectivity index (χ2n) is 4.07. The van der Waals surface area contributed by atoms with Crippen molar-refractivity contribution in [2.45, 2.75) is 6.92 Å². The van der Waals surface area contributed by atoms with Crippen molar-refractivity contribution in [3.63, 3.8) is 0 Å². The molecule has 92 valence electrons. The Balaban J connectivity index is 2.62. The molecule has 2 aromatic rings. The van der Waals surface area contributed by atoms with Crippen LogP contribution in [-0.2, 0) is 4.74 Å². The van der Waals surface area contributed by atoms with Gasteiger partial charge in [0.1, 0.15) is 11.3 Å². The minimum absolute atomic E-state index is 0.0429. The second-order valence-corrected chi connectivity index (χ2v) is 4.07. The van der Waals surface area contributed by atoms with E-state index in [0.717, 1.165) is 11.1 Å². The van der Waals surface area contributed by atoms with Gasteiger partial charge in [0, 0.05) is 5.56 Å². The predicted molar refractivity (Wildman–Crippen MR) is 69.6 cm³/mol. The Morgan fingerprint density at radius 3 is 2.44 bits per heavy atom. The molecule has 0 aliphatic heterocycles. The third kappa shape index (κ3) is 2.20. The molecule has 0 bridgehead atoms. The van der Waals surface area contributed by atoms with Crippen LogP contribution < -0.4 is 0 Å². The van der Waals surface area contributed by atoms with E-state index in [1.807, 2.05) is 43.3 Å². The van der Waals surface area contributed by atoms with Gasteiger partial charge in [-0.15, -0.1) is 0 Å². The highest BCUT2D eigenvalue weighted by atomic mass is 16.5. The van der Waals surface area contributed by atoms with Gasteiger partial charge in [0.15, 0.2) is 0 Å². The fourth-order valence-electron chi connectivity index (χ4n) is 1.88. The average molecular weight is 242 g/mol. The summed E-state index contributed by atoms with van der Waals surface area (Å²) in [4.78, 5) is 11.6. The monoisotopic (exact) mass is 242 g/mol. The summed E-state index contributed by atoms with van der Waals surface area (Å²) in [6.45, 7) is 1.87. The van der Waals surface area contributed by atoms with E-state index in [1.54, 1.807) is 6.07 Å². The van der Waals surface area contributed by atoms with Crippen LogP contribution in [-0.4, -0.2) is 18.2 Å². The average Bonchev–Trinajstić information content (AvgIpc) is 2.41. The smallest absolute Gasteiger partial charge is 0.341 e. The topological polar surface area (TPSA) is 46.5 Å². The van der Waals surface area contributed by atoms with E-state index in [9.17, 15) is 9.90 Å². The SMILES string of the molecule is COC(=O)c1cc(C)cc(-c2ccccc2)c1O. The predicted octanol–water partition coefficient (Wildman–Crippen LogP) is 3.15. The van der Waals surface area contributed by atoms with Gasteiger partial charge < -0.3 is 9.84 Å². The van der Waals surface area contributed by atoms with Crippen molar-refractivity contribution in [2.24, 2.45) is 0 Å². The molecule has 18 heavy (non-hydrogen) atoms. The Bertz CT molecular complexity index is 574. The lowest BCUT2D eigenvalue weighted by atomic mass is 9.98. The molecule has 0 amide bonds. The van der Waals surface area contributed by atoms with Crippen LogP contribution in [0, 0.1) is 6.92 Å². The fraction of sp³-hybridized carbons (Fsp3) is 0.133. The van der Waals surface area contributed by atoms with Gasteiger partial charge in [-0.2, -0.15) is 0 Å². The summed E-state index contributed by atoms with van der Waals surface area (Å²) in [6, 6.07) is 12.9. The van der Waals surface area contributed by atoms with E-state index in [1.165, 1.54) is 7.11 Å². The van der Waals surface area contributed by atoms with Crippen molar-refractivity contribution in [2.75, 3.05) is 7.11 Å². The molecule has 0 heterocycles. The zero-order valence-corrected chi connectivity index (χ0v) is 10.3. The summed E-state index contributed by atoms with van der Waals surface area (Å²) in [5.74, 6) is -0.577. The fourth-order valence-corrected chi connectivity index (χ4v) is 1.88. The third-order valence-corrected chi connectivity index (χ3v) is 2.74. The molecule has 0 saturated carbocycles. The van der Waals surface area contributed by atoms with E-state index in [-0.39, 0.29) is 11.3 Å². The summed E-state index contributed by atoms with van der Waals surface area (Å²) in [5, 5.41) is 10.2. The molecule has 0 fully saturated rings. The van der Waals surface area contributed by atoms with Crippen LogP contribution in [0.2, 0.25) is 0 Å². The first kappa shape index (κ1) is 12.2. The van der Waals surface area contributed by atoms with Crippen LogP contribution >= 0.6 is 0 Å². The van der Waals surface area contributed by atoms with Crippen LogP contribution in [0.4, 0.5) is 0 Å². The molecule has 3 nitrogen and oxygen atoms in total. The summed E-state index contributed by atoms with van der Waals surface area (Å²) >= 11 is 0. The highest BCUT2D eigenvalue weighted by molar-refractivity contribution is 5.95. The number of aryl methyl sites for hydroxylation is 1. The number of aromatic hydroxyl groups is 1. The molecule has 3 heteroatoms. The number of methoxy groups -OCH3 is 1. The Morgan fingerprint density at radius 1 is 1.17 bits per heavy atom. The third-order valence-electron chi connectivity index (χ3n) is 2.74. The summed E-state index contributed by atoms with van der Waals surface area (Å²) in [6.07, 6.45) is 0. The van der Waals surface area contributed by atoms with Gasteiger partial charge in [-0.1, -0.05) is 30.3 Å². The Labute approximate surface area is 106 Å². The molecule has 0 saturated heterocycles. The Kier molecular flexibility index (Phi) is 3.33. The number of carbonyl (C=O) groups is 1. The number of ether oxygens (including phenoxy) is 1. The molecule has 0 aromatic heterocycles. The summed E-state index contributed by atoms with van der Waals surface area (Å²) in [5.41, 5.74) is 2.59. The Hall–Kier alpha value is -2.29. The molecule has 0 spiro atoms. The highest BCUT2D eigenvalue weighted by Crippen LogP contribution is 2.33.